The first-order valence-electron chi connectivity index (χ1n) is 11.3. The van der Waals surface area contributed by atoms with Gasteiger partial charge in [-0.1, -0.05) is 25.1 Å². The molecule has 4 rings (SSSR count). The first-order valence-corrected chi connectivity index (χ1v) is 11.3. The van der Waals surface area contributed by atoms with Crippen LogP contribution in [0.25, 0.3) is 0 Å². The van der Waals surface area contributed by atoms with Gasteiger partial charge in [0.1, 0.15) is 12.4 Å². The van der Waals surface area contributed by atoms with Gasteiger partial charge >= 0.3 is 5.97 Å². The van der Waals surface area contributed by atoms with Crippen molar-refractivity contribution in [1.82, 2.24) is 5.32 Å². The molecular weight excluding hydrogens is 394 g/mol. The van der Waals surface area contributed by atoms with Gasteiger partial charge in [-0.3, -0.25) is 4.79 Å². The Morgan fingerprint density at radius 3 is 2.84 bits per heavy atom. The molecule has 0 spiro atoms. The number of ketones is 1. The van der Waals surface area contributed by atoms with Crippen LogP contribution in [0.2, 0.25) is 0 Å². The lowest BCUT2D eigenvalue weighted by Crippen LogP contribution is -2.35. The minimum absolute atomic E-state index is 0.0499. The van der Waals surface area contributed by atoms with E-state index in [0.29, 0.717) is 36.5 Å². The number of benzene rings is 1. The van der Waals surface area contributed by atoms with E-state index in [-0.39, 0.29) is 18.5 Å². The molecule has 1 aromatic carbocycles. The molecule has 0 amide bonds. The summed E-state index contributed by atoms with van der Waals surface area (Å²) in [6, 6.07) is 7.70. The van der Waals surface area contributed by atoms with Crippen LogP contribution in [0.1, 0.15) is 63.9 Å². The van der Waals surface area contributed by atoms with E-state index in [1.54, 1.807) is 0 Å². The largest absolute Gasteiger partial charge is 0.493 e. The van der Waals surface area contributed by atoms with Crippen LogP contribution in [0.3, 0.4) is 0 Å². The monoisotopic (exact) mass is 425 g/mol. The number of allylic oxidation sites excluding steroid dienone is 3. The summed E-state index contributed by atoms with van der Waals surface area (Å²) < 4.78 is 17.3. The van der Waals surface area contributed by atoms with Gasteiger partial charge < -0.3 is 19.5 Å². The van der Waals surface area contributed by atoms with E-state index >= 15 is 0 Å². The van der Waals surface area contributed by atoms with Crippen LogP contribution in [-0.2, 0) is 19.1 Å². The van der Waals surface area contributed by atoms with Gasteiger partial charge in [0.05, 0.1) is 24.2 Å². The van der Waals surface area contributed by atoms with Gasteiger partial charge in [0, 0.05) is 35.6 Å². The van der Waals surface area contributed by atoms with Crippen LogP contribution in [0.4, 0.5) is 0 Å². The summed E-state index contributed by atoms with van der Waals surface area (Å²) >= 11 is 0. The Bertz CT molecular complexity index is 910. The number of esters is 1. The fourth-order valence-corrected chi connectivity index (χ4v) is 4.65. The second-order valence-electron chi connectivity index (χ2n) is 8.39. The fourth-order valence-electron chi connectivity index (χ4n) is 4.65. The maximum Gasteiger partial charge on any atom is 0.336 e. The molecule has 166 valence electrons. The number of hydrogen-bond acceptors (Lipinski definition) is 6. The number of ether oxygens (including phenoxy) is 3. The van der Waals surface area contributed by atoms with Crippen molar-refractivity contribution in [3.63, 3.8) is 0 Å². The van der Waals surface area contributed by atoms with Crippen molar-refractivity contribution >= 4 is 11.8 Å². The zero-order valence-electron chi connectivity index (χ0n) is 18.4. The molecule has 1 N–H and O–H groups in total. The first-order chi connectivity index (χ1) is 15.1. The van der Waals surface area contributed by atoms with Gasteiger partial charge in [-0.05, 0) is 45.1 Å². The molecule has 0 bridgehead atoms. The minimum Gasteiger partial charge on any atom is -0.493 e. The van der Waals surface area contributed by atoms with Crippen molar-refractivity contribution in [2.45, 2.75) is 64.4 Å². The number of dihydropyridines is 1. The highest BCUT2D eigenvalue weighted by Gasteiger charge is 2.40. The second-order valence-corrected chi connectivity index (χ2v) is 8.39. The lowest BCUT2D eigenvalue weighted by atomic mass is 9.75. The van der Waals surface area contributed by atoms with E-state index in [0.717, 1.165) is 49.1 Å². The van der Waals surface area contributed by atoms with Crippen LogP contribution in [0.15, 0.2) is 46.8 Å². The minimum atomic E-state index is -0.492. The van der Waals surface area contributed by atoms with Crippen molar-refractivity contribution in [1.29, 1.82) is 0 Å². The number of hydrogen-bond donors (Lipinski definition) is 1. The van der Waals surface area contributed by atoms with Gasteiger partial charge in [0.15, 0.2) is 5.78 Å². The number of Topliss-reactive ketones (excluding diaryl/α,β-unsaturated/α-hetero) is 1. The third-order valence-electron chi connectivity index (χ3n) is 6.11. The molecule has 31 heavy (non-hydrogen) atoms. The lowest BCUT2D eigenvalue weighted by Gasteiger charge is -2.34. The Morgan fingerprint density at radius 2 is 2.06 bits per heavy atom. The van der Waals surface area contributed by atoms with Crippen LogP contribution >= 0.6 is 0 Å². The Kier molecular flexibility index (Phi) is 6.76. The summed E-state index contributed by atoms with van der Waals surface area (Å²) in [7, 11) is 0. The van der Waals surface area contributed by atoms with Crippen LogP contribution in [0.5, 0.6) is 5.75 Å². The van der Waals surface area contributed by atoms with Crippen molar-refractivity contribution in [3.05, 3.63) is 52.4 Å². The molecule has 1 aliphatic carbocycles. The number of para-hydroxylation sites is 1. The summed E-state index contributed by atoms with van der Waals surface area (Å²) in [5, 5.41) is 3.34. The molecule has 2 atom stereocenters. The Morgan fingerprint density at radius 1 is 1.23 bits per heavy atom. The number of nitrogens with one attached hydrogen (secondary N) is 1. The SMILES string of the molecule is CCCOc1ccccc1C1C(C(=O)OCC2CCCO2)=C(C)NC2=C1C(=O)CCC2. The number of carbonyl (C=O) groups excluding carboxylic acids is 2. The molecule has 2 unspecified atom stereocenters. The average molecular weight is 426 g/mol. The summed E-state index contributed by atoms with van der Waals surface area (Å²) in [6.07, 6.45) is 4.81. The standard InChI is InChI=1S/C25H31NO5/c1-3-13-30-21-12-5-4-9-18(21)23-22(25(28)31-15-17-8-7-14-29-17)16(2)26-19-10-6-11-20(27)24(19)23/h4-5,9,12,17,23,26H,3,6-8,10-11,13-15H2,1-2H3. The maximum absolute atomic E-state index is 13.3. The average Bonchev–Trinajstić information content (AvgIpc) is 3.29. The molecule has 1 saturated heterocycles. The molecule has 0 radical (unpaired) electrons. The Hall–Kier alpha value is -2.60. The van der Waals surface area contributed by atoms with Crippen molar-refractivity contribution in [2.24, 2.45) is 0 Å². The maximum atomic E-state index is 13.3. The van der Waals surface area contributed by atoms with Gasteiger partial charge in [0.25, 0.3) is 0 Å². The second kappa shape index (κ2) is 9.69. The third-order valence-corrected chi connectivity index (χ3v) is 6.11. The predicted molar refractivity (Wildman–Crippen MR) is 117 cm³/mol. The highest BCUT2D eigenvalue weighted by molar-refractivity contribution is 6.04. The van der Waals surface area contributed by atoms with Gasteiger partial charge in [-0.2, -0.15) is 0 Å². The van der Waals surface area contributed by atoms with Crippen LogP contribution < -0.4 is 10.1 Å². The molecule has 2 heterocycles. The van der Waals surface area contributed by atoms with E-state index < -0.39 is 11.9 Å². The highest BCUT2D eigenvalue weighted by atomic mass is 16.6. The molecule has 2 aliphatic heterocycles. The van der Waals surface area contributed by atoms with Gasteiger partial charge in [-0.25, -0.2) is 4.79 Å². The topological polar surface area (TPSA) is 73.9 Å². The number of rotatable bonds is 7. The van der Waals surface area contributed by atoms with E-state index in [1.807, 2.05) is 31.2 Å². The third kappa shape index (κ3) is 4.54. The van der Waals surface area contributed by atoms with Crippen molar-refractivity contribution in [3.8, 4) is 5.75 Å². The molecule has 6 nitrogen and oxygen atoms in total. The molecule has 0 saturated carbocycles. The van der Waals surface area contributed by atoms with Crippen molar-refractivity contribution < 1.29 is 23.8 Å². The summed E-state index contributed by atoms with van der Waals surface area (Å²) in [4.78, 5) is 26.4. The zero-order valence-corrected chi connectivity index (χ0v) is 18.4. The van der Waals surface area contributed by atoms with Crippen molar-refractivity contribution in [2.75, 3.05) is 19.8 Å². The van der Waals surface area contributed by atoms with Crippen LogP contribution in [-0.4, -0.2) is 37.7 Å². The smallest absolute Gasteiger partial charge is 0.336 e. The molecule has 3 aliphatic rings. The molecule has 0 aromatic heterocycles. The Balaban J connectivity index is 1.72. The predicted octanol–water partition coefficient (Wildman–Crippen LogP) is 4.17. The fraction of sp³-hybridized carbons (Fsp3) is 0.520. The number of carbonyl (C=O) groups is 2. The summed E-state index contributed by atoms with van der Waals surface area (Å²) in [5.74, 6) is -0.102. The first kappa shape index (κ1) is 21.6. The molecule has 6 heteroatoms. The van der Waals surface area contributed by atoms with Gasteiger partial charge in [-0.15, -0.1) is 0 Å². The van der Waals surface area contributed by atoms with E-state index in [1.165, 1.54) is 0 Å². The lowest BCUT2D eigenvalue weighted by molar-refractivity contribution is -0.142. The van der Waals surface area contributed by atoms with Crippen LogP contribution in [0, 0.1) is 0 Å². The van der Waals surface area contributed by atoms with E-state index in [2.05, 4.69) is 12.2 Å². The highest BCUT2D eigenvalue weighted by Crippen LogP contribution is 2.45. The molecule has 1 fully saturated rings. The molecular formula is C25H31NO5. The summed E-state index contributed by atoms with van der Waals surface area (Å²) in [6.45, 7) is 5.45. The zero-order chi connectivity index (χ0) is 21.8. The quantitative estimate of drug-likeness (QED) is 0.661. The summed E-state index contributed by atoms with van der Waals surface area (Å²) in [5.41, 5.74) is 3.65. The van der Waals surface area contributed by atoms with E-state index in [9.17, 15) is 9.59 Å². The van der Waals surface area contributed by atoms with Gasteiger partial charge in [0.2, 0.25) is 0 Å². The Labute approximate surface area is 183 Å². The normalized spacial score (nSPS) is 23.5. The molecule has 1 aromatic rings. The van der Waals surface area contributed by atoms with E-state index in [4.69, 9.17) is 14.2 Å².